The molecule has 2 N–H and O–H groups in total. The van der Waals surface area contributed by atoms with Crippen molar-refractivity contribution in [2.45, 2.75) is 13.3 Å². The van der Waals surface area contributed by atoms with Crippen LogP contribution in [0.3, 0.4) is 0 Å². The number of hydrazine groups is 1. The molecule has 122 valence electrons. The van der Waals surface area contributed by atoms with Crippen molar-refractivity contribution < 1.29 is 14.0 Å². The number of aryl methyl sites for hydroxylation is 1. The van der Waals surface area contributed by atoms with Crippen LogP contribution < -0.4 is 10.9 Å². The molecule has 7 heteroatoms. The van der Waals surface area contributed by atoms with Gasteiger partial charge in [-0.1, -0.05) is 30.3 Å². The van der Waals surface area contributed by atoms with E-state index < -0.39 is 5.91 Å². The molecule has 1 aromatic carbocycles. The van der Waals surface area contributed by atoms with Crippen molar-refractivity contribution in [2.75, 3.05) is 0 Å². The Morgan fingerprint density at radius 3 is 2.62 bits per heavy atom. The Balaban J connectivity index is 1.60. The predicted octanol–water partition coefficient (Wildman–Crippen LogP) is 2.72. The third-order valence-electron chi connectivity index (χ3n) is 3.30. The Labute approximate surface area is 142 Å². The second-order valence-electron chi connectivity index (χ2n) is 5.04. The van der Waals surface area contributed by atoms with Gasteiger partial charge in [-0.15, -0.1) is 11.3 Å². The van der Waals surface area contributed by atoms with E-state index >= 15 is 0 Å². The molecule has 0 bridgehead atoms. The van der Waals surface area contributed by atoms with Crippen LogP contribution in [0.4, 0.5) is 0 Å². The van der Waals surface area contributed by atoms with Crippen molar-refractivity contribution in [3.63, 3.8) is 0 Å². The zero-order valence-corrected chi connectivity index (χ0v) is 13.7. The molecular formula is C17H15N3O3S. The number of benzene rings is 1. The van der Waals surface area contributed by atoms with Gasteiger partial charge in [-0.05, 0) is 19.1 Å². The maximum Gasteiger partial charge on any atom is 0.305 e. The third-order valence-corrected chi connectivity index (χ3v) is 4.36. The fourth-order valence-electron chi connectivity index (χ4n) is 2.09. The van der Waals surface area contributed by atoms with Crippen molar-refractivity contribution in [2.24, 2.45) is 0 Å². The highest BCUT2D eigenvalue weighted by atomic mass is 32.1. The highest BCUT2D eigenvalue weighted by molar-refractivity contribution is 7.15. The molecule has 0 aliphatic heterocycles. The molecule has 0 radical (unpaired) electrons. The Hall–Kier alpha value is -2.93. The second-order valence-corrected chi connectivity index (χ2v) is 6.25. The molecule has 3 rings (SSSR count). The average Bonchev–Trinajstić information content (AvgIpc) is 3.24. The van der Waals surface area contributed by atoms with E-state index in [0.29, 0.717) is 5.69 Å². The molecule has 2 heterocycles. The highest BCUT2D eigenvalue weighted by Crippen LogP contribution is 2.27. The van der Waals surface area contributed by atoms with Crippen molar-refractivity contribution in [3.05, 3.63) is 65.1 Å². The van der Waals surface area contributed by atoms with E-state index in [0.717, 1.165) is 15.4 Å². The van der Waals surface area contributed by atoms with Gasteiger partial charge in [0.25, 0.3) is 0 Å². The SMILES string of the molecule is Cc1sc(-c2ccccc2)nc1CC(=O)NNC(=O)c1ccco1. The van der Waals surface area contributed by atoms with Crippen molar-refractivity contribution in [1.82, 2.24) is 15.8 Å². The maximum atomic E-state index is 12.0. The van der Waals surface area contributed by atoms with Crippen LogP contribution in [0.2, 0.25) is 0 Å². The molecule has 0 aliphatic rings. The molecule has 0 aliphatic carbocycles. The molecule has 6 nitrogen and oxygen atoms in total. The minimum Gasteiger partial charge on any atom is -0.459 e. The van der Waals surface area contributed by atoms with E-state index in [2.05, 4.69) is 15.8 Å². The summed E-state index contributed by atoms with van der Waals surface area (Å²) in [6.45, 7) is 1.92. The molecule has 2 aromatic heterocycles. The Morgan fingerprint density at radius 2 is 1.92 bits per heavy atom. The monoisotopic (exact) mass is 341 g/mol. The number of rotatable bonds is 4. The van der Waals surface area contributed by atoms with Gasteiger partial charge in [0, 0.05) is 10.4 Å². The van der Waals surface area contributed by atoms with Crippen molar-refractivity contribution >= 4 is 23.2 Å². The van der Waals surface area contributed by atoms with Crippen LogP contribution in [-0.4, -0.2) is 16.8 Å². The van der Waals surface area contributed by atoms with Gasteiger partial charge in [0.2, 0.25) is 5.91 Å². The van der Waals surface area contributed by atoms with E-state index in [4.69, 9.17) is 4.42 Å². The smallest absolute Gasteiger partial charge is 0.305 e. The summed E-state index contributed by atoms with van der Waals surface area (Å²) >= 11 is 1.54. The van der Waals surface area contributed by atoms with Gasteiger partial charge in [0.1, 0.15) is 5.01 Å². The lowest BCUT2D eigenvalue weighted by Gasteiger charge is -2.05. The lowest BCUT2D eigenvalue weighted by atomic mass is 10.2. The number of amides is 2. The molecule has 24 heavy (non-hydrogen) atoms. The number of furan rings is 1. The average molecular weight is 341 g/mol. The molecule has 0 saturated heterocycles. The Kier molecular flexibility index (Phi) is 4.72. The maximum absolute atomic E-state index is 12.0. The number of hydrogen-bond donors (Lipinski definition) is 2. The number of nitrogens with zero attached hydrogens (tertiary/aromatic N) is 1. The van der Waals surface area contributed by atoms with Crippen LogP contribution in [0.5, 0.6) is 0 Å². The quantitative estimate of drug-likeness (QED) is 0.715. The normalized spacial score (nSPS) is 10.4. The van der Waals surface area contributed by atoms with Crippen molar-refractivity contribution in [3.8, 4) is 10.6 Å². The minimum absolute atomic E-state index is 0.0909. The standard InChI is InChI=1S/C17H15N3O3S/c1-11-13(18-17(24-11)12-6-3-2-4-7-12)10-15(21)19-20-16(22)14-8-5-9-23-14/h2-9H,10H2,1H3,(H,19,21)(H,20,22). The van der Waals surface area contributed by atoms with Gasteiger partial charge < -0.3 is 4.42 Å². The van der Waals surface area contributed by atoms with Gasteiger partial charge in [-0.2, -0.15) is 0 Å². The largest absolute Gasteiger partial charge is 0.459 e. The van der Waals surface area contributed by atoms with E-state index in [1.54, 1.807) is 6.07 Å². The summed E-state index contributed by atoms with van der Waals surface area (Å²) in [6, 6.07) is 12.9. The predicted molar refractivity (Wildman–Crippen MR) is 90.3 cm³/mol. The van der Waals surface area contributed by atoms with Gasteiger partial charge >= 0.3 is 5.91 Å². The first-order valence-corrected chi connectivity index (χ1v) is 8.09. The molecule has 0 saturated carbocycles. The van der Waals surface area contributed by atoms with E-state index in [9.17, 15) is 9.59 Å². The van der Waals surface area contributed by atoms with E-state index in [-0.39, 0.29) is 18.1 Å². The fraction of sp³-hybridized carbons (Fsp3) is 0.118. The molecular weight excluding hydrogens is 326 g/mol. The molecule has 0 spiro atoms. The number of nitrogens with one attached hydrogen (secondary N) is 2. The molecule has 0 unspecified atom stereocenters. The minimum atomic E-state index is -0.506. The summed E-state index contributed by atoms with van der Waals surface area (Å²) in [5.41, 5.74) is 6.38. The Bertz CT molecular complexity index is 841. The fourth-order valence-corrected chi connectivity index (χ4v) is 3.02. The van der Waals surface area contributed by atoms with Crippen LogP contribution in [0.15, 0.2) is 53.1 Å². The van der Waals surface area contributed by atoms with Crippen LogP contribution in [-0.2, 0) is 11.2 Å². The Morgan fingerprint density at radius 1 is 1.12 bits per heavy atom. The first-order chi connectivity index (χ1) is 11.6. The van der Waals surface area contributed by atoms with Crippen LogP contribution in [0.1, 0.15) is 21.1 Å². The van der Waals surface area contributed by atoms with Gasteiger partial charge in [-0.25, -0.2) is 4.98 Å². The lowest BCUT2D eigenvalue weighted by Crippen LogP contribution is -2.42. The zero-order chi connectivity index (χ0) is 16.9. The zero-order valence-electron chi connectivity index (χ0n) is 12.9. The first-order valence-electron chi connectivity index (χ1n) is 7.28. The van der Waals surface area contributed by atoms with E-state index in [1.807, 2.05) is 37.3 Å². The molecule has 3 aromatic rings. The summed E-state index contributed by atoms with van der Waals surface area (Å²) in [7, 11) is 0. The van der Waals surface area contributed by atoms with Gasteiger partial charge in [0.05, 0.1) is 18.4 Å². The van der Waals surface area contributed by atoms with E-state index in [1.165, 1.54) is 23.7 Å². The number of thiazole rings is 1. The number of aromatic nitrogens is 1. The van der Waals surface area contributed by atoms with Crippen molar-refractivity contribution in [1.29, 1.82) is 0 Å². The number of carbonyl (C=O) groups is 2. The lowest BCUT2D eigenvalue weighted by molar-refractivity contribution is -0.121. The summed E-state index contributed by atoms with van der Waals surface area (Å²) < 4.78 is 4.94. The molecule has 2 amide bonds. The summed E-state index contributed by atoms with van der Waals surface area (Å²) in [5.74, 6) is -0.720. The second kappa shape index (κ2) is 7.10. The van der Waals surface area contributed by atoms with Gasteiger partial charge in [0.15, 0.2) is 5.76 Å². The first kappa shape index (κ1) is 15.9. The van der Waals surface area contributed by atoms with Crippen LogP contribution >= 0.6 is 11.3 Å². The highest BCUT2D eigenvalue weighted by Gasteiger charge is 2.14. The molecule has 0 fully saturated rings. The topological polar surface area (TPSA) is 84.2 Å². The van der Waals surface area contributed by atoms with Crippen LogP contribution in [0, 0.1) is 6.92 Å². The third kappa shape index (κ3) is 3.69. The number of carbonyl (C=O) groups excluding carboxylic acids is 2. The van der Waals surface area contributed by atoms with Crippen LogP contribution in [0.25, 0.3) is 10.6 Å². The summed E-state index contributed by atoms with van der Waals surface area (Å²) in [6.07, 6.45) is 1.48. The van der Waals surface area contributed by atoms with Gasteiger partial charge in [-0.3, -0.25) is 20.4 Å². The molecule has 0 atom stereocenters. The summed E-state index contributed by atoms with van der Waals surface area (Å²) in [5, 5.41) is 0.871. The number of hydrogen-bond acceptors (Lipinski definition) is 5. The summed E-state index contributed by atoms with van der Waals surface area (Å²) in [4.78, 5) is 29.2.